The van der Waals surface area contributed by atoms with E-state index >= 15 is 0 Å². The fourth-order valence-electron chi connectivity index (χ4n) is 3.24. The number of nitrogens with one attached hydrogen (secondary N) is 1. The molecule has 5 nitrogen and oxygen atoms in total. The zero-order valence-electron chi connectivity index (χ0n) is 17.3. The van der Waals surface area contributed by atoms with Gasteiger partial charge in [0.25, 0.3) is 11.8 Å². The van der Waals surface area contributed by atoms with E-state index in [1.54, 1.807) is 30.3 Å². The maximum Gasteiger partial charge on any atom is 0.285 e. The molecule has 1 aliphatic rings. The monoisotopic (exact) mass is 482 g/mol. The van der Waals surface area contributed by atoms with Crippen molar-refractivity contribution in [2.45, 2.75) is 20.0 Å². The molecule has 0 aliphatic carbocycles. The summed E-state index contributed by atoms with van der Waals surface area (Å²) in [6.07, 6.45) is 1.74. The molecule has 2 amide bonds. The summed E-state index contributed by atoms with van der Waals surface area (Å²) >= 11 is 12.4. The van der Waals surface area contributed by atoms with Crippen molar-refractivity contribution < 1.29 is 14.3 Å². The third-order valence-electron chi connectivity index (χ3n) is 4.68. The number of ether oxygens (including phenoxy) is 1. The van der Waals surface area contributed by atoms with E-state index in [4.69, 9.17) is 28.6 Å². The van der Waals surface area contributed by atoms with Gasteiger partial charge < -0.3 is 4.74 Å². The highest BCUT2D eigenvalue weighted by atomic mass is 35.5. The van der Waals surface area contributed by atoms with Crippen LogP contribution in [0.15, 0.2) is 65.6 Å². The van der Waals surface area contributed by atoms with Gasteiger partial charge in [0.2, 0.25) is 0 Å². The normalized spacial score (nSPS) is 15.1. The molecule has 4 rings (SSSR count). The summed E-state index contributed by atoms with van der Waals surface area (Å²) in [5.41, 5.74) is 3.74. The molecule has 0 unspecified atom stereocenters. The van der Waals surface area contributed by atoms with Crippen LogP contribution in [0.2, 0.25) is 5.02 Å². The number of thiocarbonyl (C=S) groups is 1. The van der Waals surface area contributed by atoms with Crippen molar-refractivity contribution in [3.05, 3.63) is 81.7 Å². The molecule has 8 heteroatoms. The topological polar surface area (TPSA) is 58.6 Å². The van der Waals surface area contributed by atoms with Crippen LogP contribution in [0.25, 0.3) is 16.8 Å². The standard InChI is InChI=1S/C24H19ClN2O3S2/c1-14(2)30-20-12-9-15-5-3-4-6-18(15)19(20)13-21-23(29)27(24(31)32-21)26-22(28)16-7-10-17(25)11-8-16/h3-14H,1-2H3,(H,26,28)/b21-13+. The van der Waals surface area contributed by atoms with Crippen molar-refractivity contribution in [2.24, 2.45) is 0 Å². The molecule has 1 fully saturated rings. The van der Waals surface area contributed by atoms with Crippen LogP contribution in [0.5, 0.6) is 5.75 Å². The van der Waals surface area contributed by atoms with Crippen LogP contribution in [-0.2, 0) is 4.79 Å². The van der Waals surface area contributed by atoms with E-state index in [9.17, 15) is 9.59 Å². The molecule has 1 heterocycles. The minimum Gasteiger partial charge on any atom is -0.490 e. The summed E-state index contributed by atoms with van der Waals surface area (Å²) in [7, 11) is 0. The Morgan fingerprint density at radius 2 is 1.84 bits per heavy atom. The van der Waals surface area contributed by atoms with Crippen molar-refractivity contribution in [3.63, 3.8) is 0 Å². The first-order valence-electron chi connectivity index (χ1n) is 9.86. The second-order valence-electron chi connectivity index (χ2n) is 7.33. The molecule has 0 saturated carbocycles. The minimum atomic E-state index is -0.451. The van der Waals surface area contributed by atoms with Gasteiger partial charge in [0.05, 0.1) is 11.0 Å². The Bertz CT molecular complexity index is 1260. The Morgan fingerprint density at radius 1 is 1.12 bits per heavy atom. The number of carbonyl (C=O) groups is 2. The van der Waals surface area contributed by atoms with Crippen LogP contribution in [0.4, 0.5) is 0 Å². The number of rotatable bonds is 5. The Hall–Kier alpha value is -2.87. The Kier molecular flexibility index (Phi) is 6.50. The van der Waals surface area contributed by atoms with Gasteiger partial charge in [0.15, 0.2) is 4.32 Å². The molecule has 0 spiro atoms. The summed E-state index contributed by atoms with van der Waals surface area (Å²) in [4.78, 5) is 26.0. The minimum absolute atomic E-state index is 0.0310. The third kappa shape index (κ3) is 4.65. The molecule has 1 saturated heterocycles. The first kappa shape index (κ1) is 22.3. The lowest BCUT2D eigenvalue weighted by molar-refractivity contribution is -0.123. The predicted molar refractivity (Wildman–Crippen MR) is 134 cm³/mol. The van der Waals surface area contributed by atoms with Crippen LogP contribution in [0, 0.1) is 0 Å². The lowest BCUT2D eigenvalue weighted by Crippen LogP contribution is -2.44. The van der Waals surface area contributed by atoms with Crippen LogP contribution in [0.3, 0.4) is 0 Å². The molecular formula is C24H19ClN2O3S2. The average Bonchev–Trinajstić information content (AvgIpc) is 3.03. The smallest absolute Gasteiger partial charge is 0.285 e. The number of nitrogens with zero attached hydrogens (tertiary/aromatic N) is 1. The summed E-state index contributed by atoms with van der Waals surface area (Å²) in [5, 5.41) is 3.60. The molecule has 0 atom stereocenters. The zero-order valence-corrected chi connectivity index (χ0v) is 19.7. The third-order valence-corrected chi connectivity index (χ3v) is 6.24. The molecule has 162 valence electrons. The van der Waals surface area contributed by atoms with Gasteiger partial charge in [0.1, 0.15) is 5.75 Å². The van der Waals surface area contributed by atoms with Gasteiger partial charge in [-0.25, -0.2) is 0 Å². The first-order chi connectivity index (χ1) is 15.3. The van der Waals surface area contributed by atoms with Gasteiger partial charge in [-0.05, 0) is 73.2 Å². The van der Waals surface area contributed by atoms with E-state index in [1.807, 2.05) is 50.2 Å². The molecule has 0 radical (unpaired) electrons. The maximum atomic E-state index is 13.1. The van der Waals surface area contributed by atoms with E-state index in [0.29, 0.717) is 21.2 Å². The fraction of sp³-hybridized carbons (Fsp3) is 0.125. The number of hydrazine groups is 1. The summed E-state index contributed by atoms with van der Waals surface area (Å²) in [6, 6.07) is 18.2. The Morgan fingerprint density at radius 3 is 2.56 bits per heavy atom. The lowest BCUT2D eigenvalue weighted by atomic mass is 10.0. The summed E-state index contributed by atoms with van der Waals surface area (Å²) in [6.45, 7) is 3.90. The Labute approximate surface area is 200 Å². The molecule has 1 N–H and O–H groups in total. The number of amides is 2. The van der Waals surface area contributed by atoms with Gasteiger partial charge in [-0.1, -0.05) is 53.7 Å². The van der Waals surface area contributed by atoms with E-state index in [2.05, 4.69) is 5.43 Å². The molecule has 0 aromatic heterocycles. The van der Waals surface area contributed by atoms with Gasteiger partial charge >= 0.3 is 0 Å². The predicted octanol–water partition coefficient (Wildman–Crippen LogP) is 5.83. The number of halogens is 1. The second kappa shape index (κ2) is 9.32. The van der Waals surface area contributed by atoms with Gasteiger partial charge in [-0.15, -0.1) is 0 Å². The molecule has 3 aromatic carbocycles. The van der Waals surface area contributed by atoms with Gasteiger partial charge in [-0.3, -0.25) is 15.0 Å². The zero-order chi connectivity index (χ0) is 22.8. The van der Waals surface area contributed by atoms with Gasteiger partial charge in [-0.2, -0.15) is 5.01 Å². The van der Waals surface area contributed by atoms with Crippen LogP contribution in [-0.4, -0.2) is 27.2 Å². The quantitative estimate of drug-likeness (QED) is 0.366. The van der Waals surface area contributed by atoms with Crippen molar-refractivity contribution in [3.8, 4) is 5.75 Å². The average molecular weight is 483 g/mol. The van der Waals surface area contributed by atoms with Crippen LogP contribution >= 0.6 is 35.6 Å². The molecular weight excluding hydrogens is 464 g/mol. The van der Waals surface area contributed by atoms with Crippen molar-refractivity contribution in [1.82, 2.24) is 10.4 Å². The number of benzene rings is 3. The van der Waals surface area contributed by atoms with E-state index in [-0.39, 0.29) is 10.4 Å². The van der Waals surface area contributed by atoms with Crippen molar-refractivity contribution >= 4 is 68.6 Å². The summed E-state index contributed by atoms with van der Waals surface area (Å²) in [5.74, 6) is -0.173. The number of hydrogen-bond acceptors (Lipinski definition) is 5. The fourth-order valence-corrected chi connectivity index (χ4v) is 4.53. The molecule has 1 aliphatic heterocycles. The first-order valence-corrected chi connectivity index (χ1v) is 11.5. The highest BCUT2D eigenvalue weighted by Crippen LogP contribution is 2.36. The number of carbonyl (C=O) groups excluding carboxylic acids is 2. The van der Waals surface area contributed by atoms with E-state index in [0.717, 1.165) is 33.1 Å². The lowest BCUT2D eigenvalue weighted by Gasteiger charge is -2.16. The molecule has 0 bridgehead atoms. The number of thioether (sulfide) groups is 1. The second-order valence-corrected chi connectivity index (χ2v) is 9.44. The molecule has 32 heavy (non-hydrogen) atoms. The number of hydrogen-bond donors (Lipinski definition) is 1. The largest absolute Gasteiger partial charge is 0.490 e. The molecule has 3 aromatic rings. The maximum absolute atomic E-state index is 13.1. The van der Waals surface area contributed by atoms with Crippen molar-refractivity contribution in [2.75, 3.05) is 0 Å². The van der Waals surface area contributed by atoms with Gasteiger partial charge in [0, 0.05) is 16.1 Å². The van der Waals surface area contributed by atoms with Crippen LogP contribution in [0.1, 0.15) is 29.8 Å². The van der Waals surface area contributed by atoms with Crippen LogP contribution < -0.4 is 10.2 Å². The summed E-state index contributed by atoms with van der Waals surface area (Å²) < 4.78 is 6.24. The number of fused-ring (bicyclic) bond motifs is 1. The highest BCUT2D eigenvalue weighted by Gasteiger charge is 2.34. The SMILES string of the molecule is CC(C)Oc1ccc2ccccc2c1/C=C1/SC(=S)N(NC(=O)c2ccc(Cl)cc2)C1=O. The van der Waals surface area contributed by atoms with E-state index in [1.165, 1.54) is 0 Å². The highest BCUT2D eigenvalue weighted by molar-refractivity contribution is 8.26. The van der Waals surface area contributed by atoms with E-state index < -0.39 is 11.8 Å². The Balaban J connectivity index is 1.66. The van der Waals surface area contributed by atoms with Crippen molar-refractivity contribution in [1.29, 1.82) is 0 Å².